The zero-order valence-corrected chi connectivity index (χ0v) is 4.11. The fraction of sp³-hybridized carbons (Fsp3) is 0.800. The molecule has 0 aliphatic carbocycles. The molecule has 7 heavy (non-hydrogen) atoms. The van der Waals surface area contributed by atoms with E-state index in [-0.39, 0.29) is 29.6 Å². The summed E-state index contributed by atoms with van der Waals surface area (Å²) in [7, 11) is 0. The van der Waals surface area contributed by atoms with E-state index in [1.54, 1.807) is 0 Å². The monoisotopic (exact) mass is 110 g/mol. The van der Waals surface area contributed by atoms with E-state index in [0.29, 0.717) is 0 Å². The van der Waals surface area contributed by atoms with E-state index < -0.39 is 0 Å². The van der Waals surface area contributed by atoms with Gasteiger partial charge < -0.3 is 4.79 Å². The number of unbranched alkanes of at least 4 members (excludes halogenated alkanes) is 2. The molecule has 38 valence electrons. The Kier molecular flexibility index (Phi) is 14.9. The van der Waals surface area contributed by atoms with E-state index in [2.05, 4.69) is 6.92 Å². The van der Waals surface area contributed by atoms with Gasteiger partial charge in [0.1, 0.15) is 6.29 Å². The summed E-state index contributed by atoms with van der Waals surface area (Å²) in [6, 6.07) is 0. The Morgan fingerprint density at radius 1 is 1.57 bits per heavy atom. The SMILES string of the molecule is CCCCC=O.[NaH]. The zero-order chi connectivity index (χ0) is 4.83. The maximum absolute atomic E-state index is 9.56. The third-order valence-corrected chi connectivity index (χ3v) is 0.676. The Hall–Kier alpha value is 0.670. The van der Waals surface area contributed by atoms with E-state index >= 15 is 0 Å². The molecule has 0 aliphatic heterocycles. The van der Waals surface area contributed by atoms with Crippen molar-refractivity contribution in [3.8, 4) is 0 Å². The van der Waals surface area contributed by atoms with Crippen LogP contribution in [-0.4, -0.2) is 35.8 Å². The summed E-state index contributed by atoms with van der Waals surface area (Å²) in [5.41, 5.74) is 0. The number of hydrogen-bond donors (Lipinski definition) is 0. The van der Waals surface area contributed by atoms with Crippen molar-refractivity contribution in [1.82, 2.24) is 0 Å². The number of carbonyl (C=O) groups is 1. The van der Waals surface area contributed by atoms with E-state index in [4.69, 9.17) is 0 Å². The third kappa shape index (κ3) is 10.8. The van der Waals surface area contributed by atoms with Crippen molar-refractivity contribution in [1.29, 1.82) is 0 Å². The quantitative estimate of drug-likeness (QED) is 0.297. The van der Waals surface area contributed by atoms with Gasteiger partial charge in [0.15, 0.2) is 0 Å². The Morgan fingerprint density at radius 3 is 2.29 bits per heavy atom. The van der Waals surface area contributed by atoms with Crippen molar-refractivity contribution < 1.29 is 4.79 Å². The minimum absolute atomic E-state index is 0. The molecule has 0 aliphatic rings. The van der Waals surface area contributed by atoms with Crippen LogP contribution in [0.25, 0.3) is 0 Å². The van der Waals surface area contributed by atoms with Crippen LogP contribution in [0.15, 0.2) is 0 Å². The molecule has 0 heterocycles. The number of hydrogen-bond acceptors (Lipinski definition) is 1. The molecule has 0 atom stereocenters. The zero-order valence-electron chi connectivity index (χ0n) is 4.11. The first kappa shape index (κ1) is 10.6. The van der Waals surface area contributed by atoms with E-state index in [0.717, 1.165) is 25.5 Å². The van der Waals surface area contributed by atoms with Crippen LogP contribution >= 0.6 is 0 Å². The molecule has 2 heteroatoms. The molecule has 1 nitrogen and oxygen atoms in total. The van der Waals surface area contributed by atoms with Crippen molar-refractivity contribution in [3.63, 3.8) is 0 Å². The second kappa shape index (κ2) is 9.83. The van der Waals surface area contributed by atoms with Gasteiger partial charge in [-0.3, -0.25) is 0 Å². The van der Waals surface area contributed by atoms with Crippen LogP contribution in [0.1, 0.15) is 26.2 Å². The fourth-order valence-corrected chi connectivity index (χ4v) is 0.287. The van der Waals surface area contributed by atoms with Gasteiger partial charge in [-0.15, -0.1) is 0 Å². The third-order valence-electron chi connectivity index (χ3n) is 0.676. The van der Waals surface area contributed by atoms with Crippen LogP contribution in [0.5, 0.6) is 0 Å². The van der Waals surface area contributed by atoms with E-state index in [9.17, 15) is 4.79 Å². The van der Waals surface area contributed by atoms with Gasteiger partial charge in [0.25, 0.3) is 0 Å². The molecule has 0 aromatic carbocycles. The van der Waals surface area contributed by atoms with Crippen molar-refractivity contribution in [3.05, 3.63) is 0 Å². The summed E-state index contributed by atoms with van der Waals surface area (Å²) < 4.78 is 0. The van der Waals surface area contributed by atoms with Crippen LogP contribution in [0.4, 0.5) is 0 Å². The second-order valence-electron chi connectivity index (χ2n) is 1.31. The van der Waals surface area contributed by atoms with Gasteiger partial charge in [0.2, 0.25) is 0 Å². The summed E-state index contributed by atoms with van der Waals surface area (Å²) in [6.07, 6.45) is 3.86. The van der Waals surface area contributed by atoms with E-state index in [1.165, 1.54) is 0 Å². The maximum atomic E-state index is 9.56. The second-order valence-corrected chi connectivity index (χ2v) is 1.31. The van der Waals surface area contributed by atoms with Crippen LogP contribution < -0.4 is 0 Å². The fourth-order valence-electron chi connectivity index (χ4n) is 0.287. The topological polar surface area (TPSA) is 17.1 Å². The van der Waals surface area contributed by atoms with Crippen molar-refractivity contribution in [2.45, 2.75) is 26.2 Å². The summed E-state index contributed by atoms with van der Waals surface area (Å²) in [4.78, 5) is 9.56. The molecule has 0 aromatic heterocycles. The predicted octanol–water partition coefficient (Wildman–Crippen LogP) is 0.727. The Bertz CT molecular complexity index is 37.1. The van der Waals surface area contributed by atoms with Gasteiger partial charge >= 0.3 is 29.6 Å². The molecule has 0 rings (SSSR count). The average molecular weight is 110 g/mol. The van der Waals surface area contributed by atoms with Gasteiger partial charge in [0.05, 0.1) is 0 Å². The van der Waals surface area contributed by atoms with Crippen LogP contribution in [-0.2, 0) is 4.79 Å². The minimum atomic E-state index is 0. The summed E-state index contributed by atoms with van der Waals surface area (Å²) in [5.74, 6) is 0. The Morgan fingerprint density at radius 2 is 2.14 bits per heavy atom. The molecule has 0 unspecified atom stereocenters. The molecule has 0 saturated carbocycles. The molecule has 0 aromatic rings. The van der Waals surface area contributed by atoms with Crippen LogP contribution in [0.2, 0.25) is 0 Å². The van der Waals surface area contributed by atoms with Gasteiger partial charge in [-0.1, -0.05) is 13.3 Å². The summed E-state index contributed by atoms with van der Waals surface area (Å²) in [5, 5.41) is 0. The normalized spacial score (nSPS) is 7.00. The van der Waals surface area contributed by atoms with Crippen LogP contribution in [0, 0.1) is 0 Å². The first-order valence-electron chi connectivity index (χ1n) is 2.35. The summed E-state index contributed by atoms with van der Waals surface area (Å²) in [6.45, 7) is 2.07. The molecule has 0 spiro atoms. The molecule has 0 amide bonds. The molecule has 0 N–H and O–H groups in total. The van der Waals surface area contributed by atoms with Gasteiger partial charge in [-0.25, -0.2) is 0 Å². The van der Waals surface area contributed by atoms with Crippen molar-refractivity contribution in [2.75, 3.05) is 0 Å². The number of rotatable bonds is 3. The molecular weight excluding hydrogens is 99.0 g/mol. The van der Waals surface area contributed by atoms with Gasteiger partial charge in [0, 0.05) is 6.42 Å². The average Bonchev–Trinajstić information content (AvgIpc) is 1.61. The number of aldehydes is 1. The predicted molar refractivity (Wildman–Crippen MR) is 32.7 cm³/mol. The summed E-state index contributed by atoms with van der Waals surface area (Å²) >= 11 is 0. The first-order chi connectivity index (χ1) is 2.91. The van der Waals surface area contributed by atoms with Gasteiger partial charge in [-0.05, 0) is 6.42 Å². The molecule has 0 bridgehead atoms. The van der Waals surface area contributed by atoms with Crippen molar-refractivity contribution in [2.24, 2.45) is 0 Å². The molecular formula is C5H11NaO. The first-order valence-corrected chi connectivity index (χ1v) is 2.35. The molecule has 0 saturated heterocycles. The Balaban J connectivity index is 0. The standard InChI is InChI=1S/C5H10O.Na.H/c1-2-3-4-5-6;;/h5H,2-4H2,1H3;;. The molecule has 0 radical (unpaired) electrons. The number of carbonyl (C=O) groups excluding carboxylic acids is 1. The van der Waals surface area contributed by atoms with Crippen molar-refractivity contribution >= 4 is 35.8 Å². The van der Waals surface area contributed by atoms with Crippen LogP contribution in [0.3, 0.4) is 0 Å². The van der Waals surface area contributed by atoms with E-state index in [1.807, 2.05) is 0 Å². The molecule has 0 fully saturated rings. The Labute approximate surface area is 66.8 Å². The van der Waals surface area contributed by atoms with Gasteiger partial charge in [-0.2, -0.15) is 0 Å².